The number of nitrogens with zero attached hydrogens (tertiary/aromatic N) is 4. The van der Waals surface area contributed by atoms with Gasteiger partial charge in [-0.3, -0.25) is 0 Å². The predicted octanol–water partition coefficient (Wildman–Crippen LogP) is 2.34. The Bertz CT molecular complexity index is 971. The third kappa shape index (κ3) is 3.43. The molecule has 2 aromatic heterocycles. The van der Waals surface area contributed by atoms with Gasteiger partial charge in [-0.05, 0) is 37.3 Å². The summed E-state index contributed by atoms with van der Waals surface area (Å²) in [5.41, 5.74) is 3.10. The molecule has 0 atom stereocenters. The molecule has 0 unspecified atom stereocenters. The molecular weight excluding hydrogens is 344 g/mol. The molecular formula is C20H22N4O3. The van der Waals surface area contributed by atoms with Gasteiger partial charge in [-0.1, -0.05) is 0 Å². The van der Waals surface area contributed by atoms with Gasteiger partial charge in [0.05, 0.1) is 38.0 Å². The third-order valence-electron chi connectivity index (χ3n) is 4.71. The lowest BCUT2D eigenvalue weighted by atomic mass is 10.1. The second-order valence-electron chi connectivity index (χ2n) is 6.45. The second-order valence-corrected chi connectivity index (χ2v) is 6.45. The minimum absolute atomic E-state index is 0.0902. The van der Waals surface area contributed by atoms with Crippen molar-refractivity contribution in [2.75, 3.05) is 38.3 Å². The Labute approximate surface area is 157 Å². The van der Waals surface area contributed by atoms with Gasteiger partial charge in [-0.2, -0.15) is 0 Å². The molecule has 1 saturated heterocycles. The summed E-state index contributed by atoms with van der Waals surface area (Å²) < 4.78 is 10.7. The first-order valence-electron chi connectivity index (χ1n) is 8.96. The molecule has 0 aliphatic carbocycles. The molecule has 1 fully saturated rings. The van der Waals surface area contributed by atoms with Crippen LogP contribution in [0.4, 0.5) is 5.82 Å². The molecule has 1 aliphatic heterocycles. The van der Waals surface area contributed by atoms with Crippen LogP contribution in [-0.2, 0) is 11.3 Å². The zero-order chi connectivity index (χ0) is 18.8. The third-order valence-corrected chi connectivity index (χ3v) is 4.71. The molecule has 0 saturated carbocycles. The van der Waals surface area contributed by atoms with Crippen molar-refractivity contribution in [2.45, 2.75) is 13.5 Å². The van der Waals surface area contributed by atoms with Crippen molar-refractivity contribution in [3.8, 4) is 17.0 Å². The molecule has 3 heterocycles. The van der Waals surface area contributed by atoms with Crippen LogP contribution in [0.1, 0.15) is 11.4 Å². The Hall–Kier alpha value is -2.77. The van der Waals surface area contributed by atoms with Crippen molar-refractivity contribution < 1.29 is 14.6 Å². The van der Waals surface area contributed by atoms with Crippen LogP contribution in [0.2, 0.25) is 0 Å². The molecule has 1 aromatic carbocycles. The maximum Gasteiger partial charge on any atom is 0.165 e. The van der Waals surface area contributed by atoms with Crippen LogP contribution in [-0.4, -0.2) is 53.5 Å². The summed E-state index contributed by atoms with van der Waals surface area (Å²) in [5, 5.41) is 10.5. The number of morpholine rings is 1. The molecule has 3 aromatic rings. The summed E-state index contributed by atoms with van der Waals surface area (Å²) in [5.74, 6) is 2.26. The van der Waals surface area contributed by atoms with E-state index < -0.39 is 0 Å². The Morgan fingerprint density at radius 1 is 1.11 bits per heavy atom. The number of aliphatic hydroxyl groups is 1. The zero-order valence-corrected chi connectivity index (χ0v) is 15.5. The van der Waals surface area contributed by atoms with Crippen LogP contribution < -0.4 is 9.64 Å². The number of methoxy groups -OCH3 is 1. The highest BCUT2D eigenvalue weighted by Crippen LogP contribution is 2.29. The normalized spacial score (nSPS) is 14.6. The number of aryl methyl sites for hydroxylation is 1. The average molecular weight is 366 g/mol. The van der Waals surface area contributed by atoms with Crippen molar-refractivity contribution >= 4 is 16.9 Å². The quantitative estimate of drug-likeness (QED) is 0.759. The van der Waals surface area contributed by atoms with E-state index in [9.17, 15) is 5.11 Å². The fourth-order valence-corrected chi connectivity index (χ4v) is 3.34. The van der Waals surface area contributed by atoms with Crippen LogP contribution >= 0.6 is 0 Å². The van der Waals surface area contributed by atoms with Crippen molar-refractivity contribution in [3.63, 3.8) is 0 Å². The highest BCUT2D eigenvalue weighted by molar-refractivity contribution is 5.88. The molecule has 7 nitrogen and oxygen atoms in total. The molecule has 0 bridgehead atoms. The fourth-order valence-electron chi connectivity index (χ4n) is 3.34. The number of fused-ring (bicyclic) bond motifs is 1. The SMILES string of the molecule is COc1ccc(-c2ccc3c(N4CCOCC4)nc(C)nc3n2)cc1CO. The van der Waals surface area contributed by atoms with Crippen LogP contribution in [0.15, 0.2) is 30.3 Å². The van der Waals surface area contributed by atoms with E-state index in [0.29, 0.717) is 30.4 Å². The monoisotopic (exact) mass is 366 g/mol. The van der Waals surface area contributed by atoms with Gasteiger partial charge >= 0.3 is 0 Å². The standard InChI is InChI=1S/C20H22N4O3/c1-13-21-19-16(20(22-13)24-7-9-27-10-8-24)4-5-17(23-19)14-3-6-18(26-2)15(11-14)12-25/h3-6,11,25H,7-10,12H2,1-2H3. The highest BCUT2D eigenvalue weighted by atomic mass is 16.5. The molecule has 27 heavy (non-hydrogen) atoms. The smallest absolute Gasteiger partial charge is 0.165 e. The lowest BCUT2D eigenvalue weighted by Crippen LogP contribution is -2.37. The average Bonchev–Trinajstić information content (AvgIpc) is 2.72. The van der Waals surface area contributed by atoms with Crippen molar-refractivity contribution in [2.24, 2.45) is 0 Å². The summed E-state index contributed by atoms with van der Waals surface area (Å²) in [4.78, 5) is 16.2. The summed E-state index contributed by atoms with van der Waals surface area (Å²) >= 11 is 0. The Morgan fingerprint density at radius 3 is 2.67 bits per heavy atom. The summed E-state index contributed by atoms with van der Waals surface area (Å²) in [6.45, 7) is 4.82. The van der Waals surface area contributed by atoms with Gasteiger partial charge in [0.2, 0.25) is 0 Å². The topological polar surface area (TPSA) is 80.6 Å². The molecule has 0 radical (unpaired) electrons. The van der Waals surface area contributed by atoms with E-state index in [1.165, 1.54) is 0 Å². The number of rotatable bonds is 4. The molecule has 7 heteroatoms. The minimum atomic E-state index is -0.0902. The van der Waals surface area contributed by atoms with E-state index in [4.69, 9.17) is 14.5 Å². The lowest BCUT2D eigenvalue weighted by molar-refractivity contribution is 0.122. The number of pyridine rings is 1. The maximum absolute atomic E-state index is 9.57. The van der Waals surface area contributed by atoms with Crippen molar-refractivity contribution in [3.05, 3.63) is 41.7 Å². The molecule has 4 rings (SSSR count). The molecule has 0 spiro atoms. The number of hydrogen-bond donors (Lipinski definition) is 1. The first kappa shape index (κ1) is 17.6. The number of aliphatic hydroxyl groups excluding tert-OH is 1. The van der Waals surface area contributed by atoms with Gasteiger partial charge in [0.1, 0.15) is 17.4 Å². The molecule has 1 N–H and O–H groups in total. The van der Waals surface area contributed by atoms with Gasteiger partial charge in [-0.25, -0.2) is 15.0 Å². The predicted molar refractivity (Wildman–Crippen MR) is 103 cm³/mol. The zero-order valence-electron chi connectivity index (χ0n) is 15.5. The highest BCUT2D eigenvalue weighted by Gasteiger charge is 2.18. The number of anilines is 1. The number of ether oxygens (including phenoxy) is 2. The largest absolute Gasteiger partial charge is 0.496 e. The first-order chi connectivity index (χ1) is 13.2. The van der Waals surface area contributed by atoms with E-state index in [2.05, 4.69) is 14.9 Å². The van der Waals surface area contributed by atoms with Gasteiger partial charge in [0.25, 0.3) is 0 Å². The Balaban J connectivity index is 1.78. The van der Waals surface area contributed by atoms with E-state index in [-0.39, 0.29) is 6.61 Å². The summed E-state index contributed by atoms with van der Waals surface area (Å²) in [6.07, 6.45) is 0. The maximum atomic E-state index is 9.57. The fraction of sp³-hybridized carbons (Fsp3) is 0.350. The second kappa shape index (κ2) is 7.46. The van der Waals surface area contributed by atoms with Crippen molar-refractivity contribution in [1.29, 1.82) is 0 Å². The van der Waals surface area contributed by atoms with Crippen LogP contribution in [0.3, 0.4) is 0 Å². The Morgan fingerprint density at radius 2 is 1.93 bits per heavy atom. The van der Waals surface area contributed by atoms with Gasteiger partial charge in [0, 0.05) is 24.2 Å². The van der Waals surface area contributed by atoms with Crippen LogP contribution in [0, 0.1) is 6.92 Å². The minimum Gasteiger partial charge on any atom is -0.496 e. The van der Waals surface area contributed by atoms with E-state index in [1.54, 1.807) is 7.11 Å². The van der Waals surface area contributed by atoms with Gasteiger partial charge in [-0.15, -0.1) is 0 Å². The van der Waals surface area contributed by atoms with E-state index in [1.807, 2.05) is 37.3 Å². The summed E-state index contributed by atoms with van der Waals surface area (Å²) in [6, 6.07) is 9.66. The number of aromatic nitrogens is 3. The summed E-state index contributed by atoms with van der Waals surface area (Å²) in [7, 11) is 1.59. The van der Waals surface area contributed by atoms with Gasteiger partial charge in [0.15, 0.2) is 5.65 Å². The number of hydrogen-bond acceptors (Lipinski definition) is 7. The Kier molecular flexibility index (Phi) is 4.87. The molecule has 0 amide bonds. The van der Waals surface area contributed by atoms with E-state index in [0.717, 1.165) is 41.1 Å². The molecule has 140 valence electrons. The van der Waals surface area contributed by atoms with Crippen molar-refractivity contribution in [1.82, 2.24) is 15.0 Å². The van der Waals surface area contributed by atoms with Crippen LogP contribution in [0.25, 0.3) is 22.3 Å². The number of benzene rings is 1. The van der Waals surface area contributed by atoms with Gasteiger partial charge < -0.3 is 19.5 Å². The lowest BCUT2D eigenvalue weighted by Gasteiger charge is -2.28. The van der Waals surface area contributed by atoms with Crippen LogP contribution in [0.5, 0.6) is 5.75 Å². The molecule has 1 aliphatic rings. The van der Waals surface area contributed by atoms with E-state index >= 15 is 0 Å². The first-order valence-corrected chi connectivity index (χ1v) is 8.96.